The molecular formula is C21H42Cl3N5O4. The van der Waals surface area contributed by atoms with Gasteiger partial charge in [0.2, 0.25) is 0 Å². The monoisotopic (exact) mass is 533 g/mol. The Labute approximate surface area is 216 Å². The second kappa shape index (κ2) is 22.4. The number of nitrogens with zero attached hydrogens (tertiary/aromatic N) is 2. The van der Waals surface area contributed by atoms with Gasteiger partial charge in [0.05, 0.1) is 13.1 Å². The lowest BCUT2D eigenvalue weighted by Crippen LogP contribution is -2.38. The average molecular weight is 535 g/mol. The van der Waals surface area contributed by atoms with Gasteiger partial charge in [-0.05, 0) is 18.4 Å². The highest BCUT2D eigenvalue weighted by atomic mass is 35.5. The number of carbonyl (C=O) groups excluding carboxylic acids is 2. The molecule has 0 radical (unpaired) electrons. The van der Waals surface area contributed by atoms with Crippen molar-refractivity contribution in [1.82, 2.24) is 15.1 Å². The van der Waals surface area contributed by atoms with Gasteiger partial charge in [-0.2, -0.15) is 0 Å². The summed E-state index contributed by atoms with van der Waals surface area (Å²) in [5, 5.41) is 2.69. The topological polar surface area (TPSA) is 123 Å². The summed E-state index contributed by atoms with van der Waals surface area (Å²) in [6.45, 7) is 7.65. The fraction of sp³-hybridized carbons (Fsp3) is 0.714. The zero-order valence-corrected chi connectivity index (χ0v) is 22.2. The molecule has 0 spiro atoms. The zero-order valence-electron chi connectivity index (χ0n) is 19.7. The van der Waals surface area contributed by atoms with E-state index in [4.69, 9.17) is 20.9 Å². The number of hydrogen-bond acceptors (Lipinski definition) is 7. The molecule has 33 heavy (non-hydrogen) atoms. The van der Waals surface area contributed by atoms with Crippen LogP contribution in [0, 0.1) is 0 Å². The van der Waals surface area contributed by atoms with Crippen molar-refractivity contribution in [1.29, 1.82) is 0 Å². The molecule has 0 aromatic rings. The van der Waals surface area contributed by atoms with E-state index in [1.54, 1.807) is 4.90 Å². The molecule has 1 aliphatic heterocycles. The van der Waals surface area contributed by atoms with Gasteiger partial charge in [0.25, 0.3) is 0 Å². The Bertz CT molecular complexity index is 582. The molecule has 0 bridgehead atoms. The maximum atomic E-state index is 12.5. The highest BCUT2D eigenvalue weighted by Gasteiger charge is 2.16. The molecular weight excluding hydrogens is 493 g/mol. The summed E-state index contributed by atoms with van der Waals surface area (Å²) in [5.74, 6) is 0. The first-order valence-corrected chi connectivity index (χ1v) is 10.9. The number of hydrogen-bond donors (Lipinski definition) is 3. The Hall–Kier alpha value is -1.39. The molecule has 196 valence electrons. The Kier molecular flexibility index (Phi) is 24.6. The van der Waals surface area contributed by atoms with Crippen LogP contribution < -0.4 is 16.8 Å². The van der Waals surface area contributed by atoms with Crippen molar-refractivity contribution < 1.29 is 19.1 Å². The van der Waals surface area contributed by atoms with Gasteiger partial charge in [-0.3, -0.25) is 0 Å². The molecule has 1 atom stereocenters. The van der Waals surface area contributed by atoms with Gasteiger partial charge in [0.1, 0.15) is 13.2 Å². The van der Waals surface area contributed by atoms with Crippen LogP contribution in [0.2, 0.25) is 0 Å². The number of rotatable bonds is 14. The predicted octanol–water partition coefficient (Wildman–Crippen LogP) is 3.06. The number of ether oxygens (including phenoxy) is 2. The van der Waals surface area contributed by atoms with Crippen LogP contribution in [0.1, 0.15) is 39.5 Å². The summed E-state index contributed by atoms with van der Waals surface area (Å²) in [5.41, 5.74) is 12.6. The highest BCUT2D eigenvalue weighted by Crippen LogP contribution is 2.10. The van der Waals surface area contributed by atoms with Crippen LogP contribution in [0.4, 0.5) is 9.59 Å². The SMILES string of the molecule is CCCCNC(=O)OCCN(CCCC)C(=O)OCCN1C=C(C(N)CN)C=CC1.Cl.Cl.Cl. The van der Waals surface area contributed by atoms with E-state index in [9.17, 15) is 9.59 Å². The van der Waals surface area contributed by atoms with Crippen molar-refractivity contribution in [2.24, 2.45) is 11.5 Å². The number of halogens is 3. The summed E-state index contributed by atoms with van der Waals surface area (Å²) in [6, 6.07) is -0.199. The zero-order chi connectivity index (χ0) is 22.2. The first-order chi connectivity index (χ1) is 14.5. The molecule has 12 heteroatoms. The molecule has 1 rings (SSSR count). The van der Waals surface area contributed by atoms with Crippen molar-refractivity contribution in [3.05, 3.63) is 23.9 Å². The van der Waals surface area contributed by atoms with Crippen LogP contribution >= 0.6 is 37.2 Å². The minimum Gasteiger partial charge on any atom is -0.448 e. The molecule has 2 amide bonds. The number of nitrogens with two attached hydrogens (primary N) is 2. The Morgan fingerprint density at radius 1 is 1.12 bits per heavy atom. The molecule has 0 aromatic carbocycles. The summed E-state index contributed by atoms with van der Waals surface area (Å²) < 4.78 is 10.6. The summed E-state index contributed by atoms with van der Waals surface area (Å²) in [4.78, 5) is 27.7. The second-order valence-corrected chi connectivity index (χ2v) is 7.24. The average Bonchev–Trinajstić information content (AvgIpc) is 2.75. The molecule has 0 saturated heterocycles. The van der Waals surface area contributed by atoms with Gasteiger partial charge in [-0.1, -0.05) is 38.8 Å². The molecule has 1 unspecified atom stereocenters. The molecule has 0 aromatic heterocycles. The van der Waals surface area contributed by atoms with Gasteiger partial charge in [0.15, 0.2) is 0 Å². The number of alkyl carbamates (subject to hydrolysis) is 1. The summed E-state index contributed by atoms with van der Waals surface area (Å²) in [7, 11) is 0. The van der Waals surface area contributed by atoms with E-state index in [0.29, 0.717) is 32.7 Å². The minimum absolute atomic E-state index is 0. The quantitative estimate of drug-likeness (QED) is 0.293. The van der Waals surface area contributed by atoms with E-state index in [0.717, 1.165) is 37.8 Å². The third-order valence-corrected chi connectivity index (χ3v) is 4.70. The number of amides is 2. The normalized spacial score (nSPS) is 12.8. The van der Waals surface area contributed by atoms with E-state index >= 15 is 0 Å². The van der Waals surface area contributed by atoms with Gasteiger partial charge in [-0.25, -0.2) is 9.59 Å². The number of nitrogens with one attached hydrogen (secondary N) is 1. The van der Waals surface area contributed by atoms with Crippen LogP contribution in [-0.4, -0.2) is 80.5 Å². The van der Waals surface area contributed by atoms with Crippen molar-refractivity contribution in [3.63, 3.8) is 0 Å². The Morgan fingerprint density at radius 3 is 2.45 bits per heavy atom. The molecule has 0 aliphatic carbocycles. The first-order valence-electron chi connectivity index (χ1n) is 10.9. The fourth-order valence-corrected chi connectivity index (χ4v) is 2.79. The van der Waals surface area contributed by atoms with Gasteiger partial charge in [-0.15, -0.1) is 37.2 Å². The lowest BCUT2D eigenvalue weighted by Gasteiger charge is -2.26. The highest BCUT2D eigenvalue weighted by molar-refractivity contribution is 5.86. The van der Waals surface area contributed by atoms with Crippen LogP contribution in [0.5, 0.6) is 0 Å². The van der Waals surface area contributed by atoms with Crippen LogP contribution in [-0.2, 0) is 9.47 Å². The standard InChI is InChI=1S/C21H39N5O4.3ClH/c1-3-5-9-24-20(27)29-15-13-26(11-6-4-2)21(28)30-14-12-25-10-7-8-18(17-25)19(23)16-22;;;/h7-8,17,19H,3-6,9-16,22-23H2,1-2H3,(H,24,27);3*1H. The molecule has 1 heterocycles. The summed E-state index contributed by atoms with van der Waals surface area (Å²) >= 11 is 0. The largest absolute Gasteiger partial charge is 0.448 e. The molecule has 9 nitrogen and oxygen atoms in total. The molecule has 5 N–H and O–H groups in total. The van der Waals surface area contributed by atoms with Gasteiger partial charge in [0, 0.05) is 38.4 Å². The van der Waals surface area contributed by atoms with E-state index in [-0.39, 0.29) is 56.5 Å². The maximum absolute atomic E-state index is 12.5. The van der Waals surface area contributed by atoms with Crippen LogP contribution in [0.15, 0.2) is 23.9 Å². The Morgan fingerprint density at radius 2 is 1.82 bits per heavy atom. The third-order valence-electron chi connectivity index (χ3n) is 4.70. The molecule has 1 aliphatic rings. The number of unbranched alkanes of at least 4 members (excludes halogenated alkanes) is 2. The van der Waals surface area contributed by atoms with Crippen LogP contribution in [0.3, 0.4) is 0 Å². The second-order valence-electron chi connectivity index (χ2n) is 7.24. The molecule has 0 fully saturated rings. The molecule has 0 saturated carbocycles. The summed E-state index contributed by atoms with van der Waals surface area (Å²) in [6.07, 6.45) is 8.83. The van der Waals surface area contributed by atoms with Crippen molar-refractivity contribution in [3.8, 4) is 0 Å². The van der Waals surface area contributed by atoms with E-state index in [1.807, 2.05) is 23.3 Å². The van der Waals surface area contributed by atoms with Gasteiger partial charge < -0.3 is 36.1 Å². The van der Waals surface area contributed by atoms with Crippen LogP contribution in [0.25, 0.3) is 0 Å². The van der Waals surface area contributed by atoms with E-state index in [1.165, 1.54) is 0 Å². The van der Waals surface area contributed by atoms with Crippen molar-refractivity contribution in [2.45, 2.75) is 45.6 Å². The first kappa shape index (κ1) is 36.2. The lowest BCUT2D eigenvalue weighted by molar-refractivity contribution is 0.0822. The third kappa shape index (κ3) is 16.0. The smallest absolute Gasteiger partial charge is 0.409 e. The van der Waals surface area contributed by atoms with Crippen molar-refractivity contribution in [2.75, 3.05) is 52.5 Å². The minimum atomic E-state index is -0.455. The van der Waals surface area contributed by atoms with E-state index < -0.39 is 12.2 Å². The Balaban J connectivity index is -0.00000300. The predicted molar refractivity (Wildman–Crippen MR) is 140 cm³/mol. The fourth-order valence-electron chi connectivity index (χ4n) is 2.79. The van der Waals surface area contributed by atoms with Crippen molar-refractivity contribution >= 4 is 49.4 Å². The van der Waals surface area contributed by atoms with E-state index in [2.05, 4.69) is 19.2 Å². The van der Waals surface area contributed by atoms with Gasteiger partial charge >= 0.3 is 12.2 Å². The number of carbonyl (C=O) groups is 2. The lowest BCUT2D eigenvalue weighted by atomic mass is 10.1. The maximum Gasteiger partial charge on any atom is 0.409 e.